The predicted molar refractivity (Wildman–Crippen MR) is 55.7 cm³/mol. The molecule has 68 valence electrons. The minimum Gasteiger partial charge on any atom is -0.323 e. The Balaban J connectivity index is 2.70. The fraction of sp³-hybridized carbons (Fsp3) is 0.556. The highest BCUT2D eigenvalue weighted by Gasteiger charge is 2.14. The maximum Gasteiger partial charge on any atom is 0.0931 e. The molecule has 0 saturated heterocycles. The number of rotatable bonds is 3. The van der Waals surface area contributed by atoms with Gasteiger partial charge in [-0.2, -0.15) is 0 Å². The van der Waals surface area contributed by atoms with Gasteiger partial charge in [-0.15, -0.1) is 11.3 Å². The highest BCUT2D eigenvalue weighted by molar-refractivity contribution is 7.16. The monoisotopic (exact) mass is 203 g/mol. The van der Waals surface area contributed by atoms with Crippen molar-refractivity contribution in [2.45, 2.75) is 26.3 Å². The van der Waals surface area contributed by atoms with E-state index in [0.29, 0.717) is 5.92 Å². The maximum atomic E-state index is 6.01. The molecule has 0 aliphatic heterocycles. The van der Waals surface area contributed by atoms with E-state index < -0.39 is 0 Å². The summed E-state index contributed by atoms with van der Waals surface area (Å²) in [6.07, 6.45) is 1.11. The first-order valence-corrected chi connectivity index (χ1v) is 5.35. The molecule has 0 bridgehead atoms. The van der Waals surface area contributed by atoms with Gasteiger partial charge < -0.3 is 5.73 Å². The van der Waals surface area contributed by atoms with Crippen molar-refractivity contribution in [1.29, 1.82) is 0 Å². The van der Waals surface area contributed by atoms with Crippen LogP contribution < -0.4 is 5.73 Å². The molecule has 2 N–H and O–H groups in total. The zero-order chi connectivity index (χ0) is 9.14. The zero-order valence-electron chi connectivity index (χ0n) is 7.38. The summed E-state index contributed by atoms with van der Waals surface area (Å²) in [5, 5.41) is 0. The molecule has 1 aromatic rings. The lowest BCUT2D eigenvalue weighted by Gasteiger charge is -2.16. The fourth-order valence-electron chi connectivity index (χ4n) is 1.04. The Morgan fingerprint density at radius 3 is 2.67 bits per heavy atom. The summed E-state index contributed by atoms with van der Waals surface area (Å²) < 4.78 is 0.823. The first-order chi connectivity index (χ1) is 5.65. The van der Waals surface area contributed by atoms with Crippen molar-refractivity contribution in [2.75, 3.05) is 0 Å². The standard InChI is InChI=1S/C9H14ClNS/c1-3-6(2)9(11)7-4-5-8(10)12-7/h4-6,9H,3,11H2,1-2H3/t6?,9-/m0/s1. The highest BCUT2D eigenvalue weighted by atomic mass is 35.5. The molecule has 0 amide bonds. The molecule has 1 heterocycles. The third kappa shape index (κ3) is 2.22. The number of nitrogens with two attached hydrogens (primary N) is 1. The van der Waals surface area contributed by atoms with Gasteiger partial charge in [0.25, 0.3) is 0 Å². The molecule has 0 radical (unpaired) electrons. The topological polar surface area (TPSA) is 26.0 Å². The summed E-state index contributed by atoms with van der Waals surface area (Å²) in [7, 11) is 0. The van der Waals surface area contributed by atoms with E-state index in [4.69, 9.17) is 17.3 Å². The van der Waals surface area contributed by atoms with Crippen LogP contribution in [0.3, 0.4) is 0 Å². The third-order valence-electron chi connectivity index (χ3n) is 2.18. The molecular weight excluding hydrogens is 190 g/mol. The minimum absolute atomic E-state index is 0.146. The summed E-state index contributed by atoms with van der Waals surface area (Å²) in [5.41, 5.74) is 6.01. The van der Waals surface area contributed by atoms with Crippen molar-refractivity contribution < 1.29 is 0 Å². The third-order valence-corrected chi connectivity index (χ3v) is 3.51. The molecule has 1 aromatic heterocycles. The van der Waals surface area contributed by atoms with Crippen LogP contribution in [-0.4, -0.2) is 0 Å². The molecule has 0 saturated carbocycles. The zero-order valence-corrected chi connectivity index (χ0v) is 8.95. The molecular formula is C9H14ClNS. The SMILES string of the molecule is CCC(C)[C@H](N)c1ccc(Cl)s1. The van der Waals surface area contributed by atoms with Gasteiger partial charge in [0.1, 0.15) is 0 Å². The van der Waals surface area contributed by atoms with Crippen LogP contribution in [0.15, 0.2) is 12.1 Å². The van der Waals surface area contributed by atoms with E-state index in [2.05, 4.69) is 13.8 Å². The van der Waals surface area contributed by atoms with Crippen LogP contribution in [0.2, 0.25) is 4.34 Å². The largest absolute Gasteiger partial charge is 0.323 e. The number of halogens is 1. The van der Waals surface area contributed by atoms with E-state index >= 15 is 0 Å². The number of hydrogen-bond acceptors (Lipinski definition) is 2. The number of hydrogen-bond donors (Lipinski definition) is 1. The van der Waals surface area contributed by atoms with E-state index in [0.717, 1.165) is 10.8 Å². The normalized spacial score (nSPS) is 16.0. The van der Waals surface area contributed by atoms with Crippen LogP contribution >= 0.6 is 22.9 Å². The Labute approximate surface area is 82.5 Å². The van der Waals surface area contributed by atoms with Gasteiger partial charge in [-0.25, -0.2) is 0 Å². The van der Waals surface area contributed by atoms with E-state index in [-0.39, 0.29) is 6.04 Å². The Morgan fingerprint density at radius 1 is 1.58 bits per heavy atom. The molecule has 12 heavy (non-hydrogen) atoms. The fourth-order valence-corrected chi connectivity index (χ4v) is 2.24. The van der Waals surface area contributed by atoms with Crippen molar-refractivity contribution in [1.82, 2.24) is 0 Å². The van der Waals surface area contributed by atoms with Crippen LogP contribution in [0, 0.1) is 5.92 Å². The Kier molecular flexibility index (Phi) is 3.56. The molecule has 0 spiro atoms. The van der Waals surface area contributed by atoms with Gasteiger partial charge in [-0.3, -0.25) is 0 Å². The molecule has 0 aromatic carbocycles. The Bertz CT molecular complexity index is 246. The molecule has 0 aliphatic carbocycles. The quantitative estimate of drug-likeness (QED) is 0.800. The average molecular weight is 204 g/mol. The second-order valence-electron chi connectivity index (χ2n) is 3.05. The lowest BCUT2D eigenvalue weighted by Crippen LogP contribution is -2.16. The summed E-state index contributed by atoms with van der Waals surface area (Å²) in [6.45, 7) is 4.32. The van der Waals surface area contributed by atoms with Crippen molar-refractivity contribution in [3.05, 3.63) is 21.3 Å². The van der Waals surface area contributed by atoms with Crippen LogP contribution in [0.4, 0.5) is 0 Å². The maximum absolute atomic E-state index is 6.01. The second kappa shape index (κ2) is 4.26. The molecule has 3 heteroatoms. The van der Waals surface area contributed by atoms with Gasteiger partial charge in [0.15, 0.2) is 0 Å². The molecule has 0 aliphatic rings. The minimum atomic E-state index is 0.146. The summed E-state index contributed by atoms with van der Waals surface area (Å²) in [6, 6.07) is 4.07. The summed E-state index contributed by atoms with van der Waals surface area (Å²) in [5.74, 6) is 0.528. The molecule has 2 atom stereocenters. The van der Waals surface area contributed by atoms with Gasteiger partial charge >= 0.3 is 0 Å². The van der Waals surface area contributed by atoms with Gasteiger partial charge in [-0.05, 0) is 18.1 Å². The van der Waals surface area contributed by atoms with E-state index in [9.17, 15) is 0 Å². The van der Waals surface area contributed by atoms with Crippen LogP contribution in [-0.2, 0) is 0 Å². The Hall–Kier alpha value is -0.0500. The first-order valence-electron chi connectivity index (χ1n) is 4.16. The molecule has 1 nitrogen and oxygen atoms in total. The van der Waals surface area contributed by atoms with Crippen molar-refractivity contribution in [3.8, 4) is 0 Å². The van der Waals surface area contributed by atoms with Crippen molar-refractivity contribution in [2.24, 2.45) is 11.7 Å². The first kappa shape index (κ1) is 10.0. The van der Waals surface area contributed by atoms with E-state index in [1.807, 2.05) is 12.1 Å². The lowest BCUT2D eigenvalue weighted by atomic mass is 9.99. The smallest absolute Gasteiger partial charge is 0.0931 e. The average Bonchev–Trinajstić information content (AvgIpc) is 2.49. The van der Waals surface area contributed by atoms with Crippen molar-refractivity contribution >= 4 is 22.9 Å². The number of thiophene rings is 1. The molecule has 0 fully saturated rings. The van der Waals surface area contributed by atoms with E-state index in [1.54, 1.807) is 11.3 Å². The summed E-state index contributed by atoms with van der Waals surface area (Å²) in [4.78, 5) is 1.19. The van der Waals surface area contributed by atoms with Gasteiger partial charge in [0.05, 0.1) is 4.34 Å². The van der Waals surface area contributed by atoms with Crippen molar-refractivity contribution in [3.63, 3.8) is 0 Å². The highest BCUT2D eigenvalue weighted by Crippen LogP contribution is 2.30. The predicted octanol–water partition coefficient (Wildman–Crippen LogP) is 3.45. The van der Waals surface area contributed by atoms with Crippen LogP contribution in [0.1, 0.15) is 31.2 Å². The van der Waals surface area contributed by atoms with Crippen LogP contribution in [0.25, 0.3) is 0 Å². The second-order valence-corrected chi connectivity index (χ2v) is 4.80. The van der Waals surface area contributed by atoms with Gasteiger partial charge in [-0.1, -0.05) is 31.9 Å². The van der Waals surface area contributed by atoms with Gasteiger partial charge in [0.2, 0.25) is 0 Å². The summed E-state index contributed by atoms with van der Waals surface area (Å²) >= 11 is 7.40. The lowest BCUT2D eigenvalue weighted by molar-refractivity contribution is 0.462. The van der Waals surface area contributed by atoms with E-state index in [1.165, 1.54) is 4.88 Å². The Morgan fingerprint density at radius 2 is 2.25 bits per heavy atom. The molecule has 1 rings (SSSR count). The van der Waals surface area contributed by atoms with Crippen LogP contribution in [0.5, 0.6) is 0 Å². The molecule has 1 unspecified atom stereocenters. The van der Waals surface area contributed by atoms with Gasteiger partial charge in [0, 0.05) is 10.9 Å².